The molecule has 0 spiro atoms. The van der Waals surface area contributed by atoms with Gasteiger partial charge < -0.3 is 14.8 Å². The summed E-state index contributed by atoms with van der Waals surface area (Å²) in [5, 5.41) is 2.77. The molecule has 0 bridgehead atoms. The summed E-state index contributed by atoms with van der Waals surface area (Å²) in [6.45, 7) is 7.91. The maximum absolute atomic E-state index is 12.3. The number of nitrogens with one attached hydrogen (secondary N) is 1. The monoisotopic (exact) mass is 321 g/mol. The number of aryl methyl sites for hydroxylation is 2. The third-order valence-corrected chi connectivity index (χ3v) is 3.58. The lowest BCUT2D eigenvalue weighted by atomic mass is 10.0. The highest BCUT2D eigenvalue weighted by Crippen LogP contribution is 2.25. The molecule has 5 heteroatoms. The van der Waals surface area contributed by atoms with Crippen LogP contribution in [0.3, 0.4) is 0 Å². The lowest BCUT2D eigenvalue weighted by molar-refractivity contribution is -0.145. The number of carbonyl (C=O) groups excluding carboxylic acids is 2. The van der Waals surface area contributed by atoms with Gasteiger partial charge in [0.1, 0.15) is 11.8 Å². The summed E-state index contributed by atoms with van der Waals surface area (Å²) >= 11 is 0. The predicted octanol–water partition coefficient (Wildman–Crippen LogP) is 2.56. The molecular weight excluding hydrogens is 294 g/mol. The molecule has 1 atom stereocenters. The normalized spacial score (nSPS) is 12.0. The molecule has 0 saturated heterocycles. The van der Waals surface area contributed by atoms with Gasteiger partial charge in [0.25, 0.3) is 0 Å². The standard InChI is InChI=1S/C18H27NO4/c1-11(2)7-15(18(21)23-6)19-16(20)10-14-9-12(3)8-13(4)17(14)22-5/h8-9,11,15H,7,10H2,1-6H3,(H,19,20)/t15-/m0/s1. The van der Waals surface area contributed by atoms with Gasteiger partial charge in [0.2, 0.25) is 5.91 Å². The van der Waals surface area contributed by atoms with Crippen LogP contribution in [-0.4, -0.2) is 32.1 Å². The van der Waals surface area contributed by atoms with Gasteiger partial charge in [-0.05, 0) is 31.7 Å². The van der Waals surface area contributed by atoms with E-state index in [4.69, 9.17) is 9.47 Å². The van der Waals surface area contributed by atoms with Gasteiger partial charge in [-0.1, -0.05) is 31.5 Å². The van der Waals surface area contributed by atoms with E-state index in [1.54, 1.807) is 7.11 Å². The summed E-state index contributed by atoms with van der Waals surface area (Å²) in [5.74, 6) is 0.350. The Labute approximate surface area is 138 Å². The number of hydrogen-bond acceptors (Lipinski definition) is 4. The highest BCUT2D eigenvalue weighted by molar-refractivity contribution is 5.86. The Hall–Kier alpha value is -2.04. The van der Waals surface area contributed by atoms with Crippen LogP contribution in [0.2, 0.25) is 0 Å². The van der Waals surface area contributed by atoms with Gasteiger partial charge in [-0.2, -0.15) is 0 Å². The summed E-state index contributed by atoms with van der Waals surface area (Å²) in [6, 6.07) is 3.32. The fourth-order valence-corrected chi connectivity index (χ4v) is 2.71. The zero-order valence-corrected chi connectivity index (χ0v) is 14.9. The van der Waals surface area contributed by atoms with Crippen molar-refractivity contribution in [2.75, 3.05) is 14.2 Å². The van der Waals surface area contributed by atoms with Crippen molar-refractivity contribution in [1.82, 2.24) is 5.32 Å². The number of benzene rings is 1. The molecule has 1 N–H and O–H groups in total. The highest BCUT2D eigenvalue weighted by atomic mass is 16.5. The second kappa shape index (κ2) is 8.56. The Balaban J connectivity index is 2.88. The molecule has 1 rings (SSSR count). The maximum Gasteiger partial charge on any atom is 0.328 e. The Morgan fingerprint density at radius 2 is 1.83 bits per heavy atom. The lowest BCUT2D eigenvalue weighted by Gasteiger charge is -2.19. The van der Waals surface area contributed by atoms with Crippen LogP contribution >= 0.6 is 0 Å². The SMILES string of the molecule is COC(=O)[C@H](CC(C)C)NC(=O)Cc1cc(C)cc(C)c1OC. The van der Waals surface area contributed by atoms with E-state index >= 15 is 0 Å². The molecule has 0 heterocycles. The molecule has 1 aromatic carbocycles. The van der Waals surface area contributed by atoms with Crippen molar-refractivity contribution in [3.63, 3.8) is 0 Å². The first kappa shape index (κ1) is 19.0. The van der Waals surface area contributed by atoms with E-state index < -0.39 is 12.0 Å². The molecule has 23 heavy (non-hydrogen) atoms. The molecule has 1 amide bonds. The van der Waals surface area contributed by atoms with E-state index in [0.29, 0.717) is 12.2 Å². The van der Waals surface area contributed by atoms with Gasteiger partial charge in [0.15, 0.2) is 0 Å². The zero-order valence-electron chi connectivity index (χ0n) is 14.9. The molecule has 0 aliphatic rings. The first-order valence-electron chi connectivity index (χ1n) is 7.79. The quantitative estimate of drug-likeness (QED) is 0.784. The summed E-state index contributed by atoms with van der Waals surface area (Å²) in [4.78, 5) is 24.1. The van der Waals surface area contributed by atoms with E-state index in [9.17, 15) is 9.59 Å². The molecule has 0 aromatic heterocycles. The Morgan fingerprint density at radius 1 is 1.17 bits per heavy atom. The minimum absolute atomic E-state index is 0.164. The van der Waals surface area contributed by atoms with Gasteiger partial charge in [-0.3, -0.25) is 4.79 Å². The third-order valence-electron chi connectivity index (χ3n) is 3.58. The van der Waals surface area contributed by atoms with Crippen molar-refractivity contribution in [3.05, 3.63) is 28.8 Å². The molecule has 0 unspecified atom stereocenters. The molecule has 0 radical (unpaired) electrons. The summed E-state index contributed by atoms with van der Waals surface area (Å²) in [6.07, 6.45) is 0.708. The van der Waals surface area contributed by atoms with E-state index in [1.165, 1.54) is 7.11 Å². The number of carbonyl (C=O) groups is 2. The molecule has 0 aliphatic heterocycles. The summed E-state index contributed by atoms with van der Waals surface area (Å²) in [7, 11) is 2.92. The molecule has 5 nitrogen and oxygen atoms in total. The zero-order chi connectivity index (χ0) is 17.6. The van der Waals surface area contributed by atoms with Gasteiger partial charge in [0, 0.05) is 5.56 Å². The van der Waals surface area contributed by atoms with Gasteiger partial charge in [-0.25, -0.2) is 4.79 Å². The second-order valence-corrected chi connectivity index (χ2v) is 6.22. The fourth-order valence-electron chi connectivity index (χ4n) is 2.71. The Morgan fingerprint density at radius 3 is 2.35 bits per heavy atom. The topological polar surface area (TPSA) is 64.6 Å². The fraction of sp³-hybridized carbons (Fsp3) is 0.556. The van der Waals surface area contributed by atoms with Crippen LogP contribution in [0.4, 0.5) is 0 Å². The largest absolute Gasteiger partial charge is 0.496 e. The van der Waals surface area contributed by atoms with E-state index in [0.717, 1.165) is 16.7 Å². The predicted molar refractivity (Wildman–Crippen MR) is 89.6 cm³/mol. The number of hydrogen-bond donors (Lipinski definition) is 1. The summed E-state index contributed by atoms with van der Waals surface area (Å²) in [5.41, 5.74) is 2.87. The number of amides is 1. The molecule has 0 saturated carbocycles. The number of methoxy groups -OCH3 is 2. The molecule has 0 fully saturated rings. The van der Waals surface area contributed by atoms with E-state index in [-0.39, 0.29) is 18.2 Å². The highest BCUT2D eigenvalue weighted by Gasteiger charge is 2.23. The molecular formula is C18H27NO4. The minimum Gasteiger partial charge on any atom is -0.496 e. The van der Waals surface area contributed by atoms with Crippen molar-refractivity contribution < 1.29 is 19.1 Å². The average molecular weight is 321 g/mol. The first-order valence-corrected chi connectivity index (χ1v) is 7.79. The second-order valence-electron chi connectivity index (χ2n) is 6.22. The van der Waals surface area contributed by atoms with Crippen LogP contribution in [0.25, 0.3) is 0 Å². The number of rotatable bonds is 7. The number of esters is 1. The van der Waals surface area contributed by atoms with Crippen LogP contribution in [0.1, 0.15) is 37.0 Å². The molecule has 0 aliphatic carbocycles. The smallest absolute Gasteiger partial charge is 0.328 e. The van der Waals surface area contributed by atoms with E-state index in [1.807, 2.05) is 39.8 Å². The third kappa shape index (κ3) is 5.58. The lowest BCUT2D eigenvalue weighted by Crippen LogP contribution is -2.43. The number of ether oxygens (including phenoxy) is 2. The van der Waals surface area contributed by atoms with Crippen LogP contribution in [0, 0.1) is 19.8 Å². The van der Waals surface area contributed by atoms with Gasteiger partial charge in [-0.15, -0.1) is 0 Å². The van der Waals surface area contributed by atoms with Gasteiger partial charge in [0.05, 0.1) is 20.6 Å². The average Bonchev–Trinajstić information content (AvgIpc) is 2.44. The van der Waals surface area contributed by atoms with E-state index in [2.05, 4.69) is 5.32 Å². The first-order chi connectivity index (χ1) is 10.8. The summed E-state index contributed by atoms with van der Waals surface area (Å²) < 4.78 is 10.2. The Kier molecular flexibility index (Phi) is 7.07. The van der Waals surface area contributed by atoms with Crippen molar-refractivity contribution in [2.24, 2.45) is 5.92 Å². The van der Waals surface area contributed by atoms with Crippen LogP contribution in [0.5, 0.6) is 5.75 Å². The van der Waals surface area contributed by atoms with Crippen LogP contribution in [-0.2, 0) is 20.7 Å². The van der Waals surface area contributed by atoms with Crippen LogP contribution in [0.15, 0.2) is 12.1 Å². The van der Waals surface area contributed by atoms with Gasteiger partial charge >= 0.3 is 5.97 Å². The molecule has 1 aromatic rings. The van der Waals surface area contributed by atoms with Crippen molar-refractivity contribution in [2.45, 2.75) is 46.6 Å². The van der Waals surface area contributed by atoms with Crippen molar-refractivity contribution >= 4 is 11.9 Å². The van der Waals surface area contributed by atoms with Crippen LogP contribution < -0.4 is 10.1 Å². The van der Waals surface area contributed by atoms with Crippen molar-refractivity contribution in [1.29, 1.82) is 0 Å². The molecule has 128 valence electrons. The Bertz CT molecular complexity index is 566. The maximum atomic E-state index is 12.3. The minimum atomic E-state index is -0.621. The van der Waals surface area contributed by atoms with Crippen molar-refractivity contribution in [3.8, 4) is 5.75 Å².